The summed E-state index contributed by atoms with van der Waals surface area (Å²) in [6, 6.07) is -1.01. The Morgan fingerprint density at radius 3 is 2.68 bits per heavy atom. The number of fused-ring (bicyclic) bond motifs is 1. The molecule has 2 aromatic heterocycles. The standard InChI is InChI=1S/C20H19N5O10S2/c1-8-11(35-20(30)34-8)4-32-18(28)14-9(3-33-19(21)29)5-37-17-13(16(27)25(14)17)23-15(26)12(24-31-2)10-6-36-7-22-10/h6-7,13,17H,3-5H2,1-2H3,(H2,21,29)(H,23,26)/b24-12-/t13?,17-/m0/s1. The molecule has 2 aliphatic heterocycles. The van der Waals surface area contributed by atoms with Crippen LogP contribution in [0.5, 0.6) is 0 Å². The van der Waals surface area contributed by atoms with E-state index < -0.39 is 47.7 Å². The highest BCUT2D eigenvalue weighted by Crippen LogP contribution is 2.41. The number of rotatable bonds is 9. The van der Waals surface area contributed by atoms with E-state index in [9.17, 15) is 24.0 Å². The third kappa shape index (κ3) is 5.36. The number of nitrogens with one attached hydrogen (secondary N) is 1. The summed E-state index contributed by atoms with van der Waals surface area (Å²) in [6.45, 7) is 0.634. The number of aryl methyl sites for hydroxylation is 1. The number of thiazole rings is 1. The van der Waals surface area contributed by atoms with Gasteiger partial charge in [-0.3, -0.25) is 14.5 Å². The molecule has 0 spiro atoms. The lowest BCUT2D eigenvalue weighted by molar-refractivity contribution is -0.153. The number of nitrogens with two attached hydrogens (primary N) is 1. The molecular formula is C20H19N5O10S2. The highest BCUT2D eigenvalue weighted by Gasteiger charge is 2.55. The Morgan fingerprint density at radius 1 is 1.27 bits per heavy atom. The van der Waals surface area contributed by atoms with Crippen LogP contribution < -0.4 is 16.9 Å². The van der Waals surface area contributed by atoms with Gasteiger partial charge in [0.1, 0.15) is 36.5 Å². The van der Waals surface area contributed by atoms with Crippen LogP contribution >= 0.6 is 23.1 Å². The highest BCUT2D eigenvalue weighted by molar-refractivity contribution is 8.00. The minimum atomic E-state index is -1.07. The topological polar surface area (TPSA) is 206 Å². The van der Waals surface area contributed by atoms with Crippen LogP contribution in [0, 0.1) is 6.92 Å². The van der Waals surface area contributed by atoms with Gasteiger partial charge in [-0.25, -0.2) is 19.4 Å². The fourth-order valence-corrected chi connectivity index (χ4v) is 5.35. The van der Waals surface area contributed by atoms with E-state index in [4.69, 9.17) is 28.9 Å². The molecule has 196 valence electrons. The largest absolute Gasteiger partial charge is 0.519 e. The molecule has 1 saturated heterocycles. The number of hydrogen-bond donors (Lipinski definition) is 2. The number of carbonyl (C=O) groups excluding carboxylic acids is 4. The van der Waals surface area contributed by atoms with Gasteiger partial charge in [-0.05, 0) is 6.92 Å². The Bertz CT molecular complexity index is 1350. The van der Waals surface area contributed by atoms with Crippen molar-refractivity contribution in [2.75, 3.05) is 19.5 Å². The van der Waals surface area contributed by atoms with Crippen molar-refractivity contribution in [2.45, 2.75) is 24.9 Å². The van der Waals surface area contributed by atoms with E-state index in [1.807, 2.05) is 0 Å². The molecule has 0 aliphatic carbocycles. The number of hydrogen-bond acceptors (Lipinski definition) is 14. The average Bonchev–Trinajstić information content (AvgIpc) is 3.51. The minimum absolute atomic E-state index is 0.0114. The van der Waals surface area contributed by atoms with Gasteiger partial charge in [0.15, 0.2) is 23.8 Å². The second kappa shape index (κ2) is 10.9. The summed E-state index contributed by atoms with van der Waals surface area (Å²) in [4.78, 5) is 71.2. The van der Waals surface area contributed by atoms with Gasteiger partial charge in [-0.15, -0.1) is 23.1 Å². The van der Waals surface area contributed by atoms with Crippen molar-refractivity contribution in [3.8, 4) is 0 Å². The van der Waals surface area contributed by atoms with Crippen LogP contribution in [-0.4, -0.2) is 70.4 Å². The summed E-state index contributed by atoms with van der Waals surface area (Å²) in [6.07, 6.45) is -1.07. The van der Waals surface area contributed by atoms with Crippen LogP contribution in [0.15, 0.2) is 40.9 Å². The molecule has 0 radical (unpaired) electrons. The van der Waals surface area contributed by atoms with Crippen LogP contribution in [0.25, 0.3) is 0 Å². The van der Waals surface area contributed by atoms with Gasteiger partial charge in [-0.2, -0.15) is 0 Å². The van der Waals surface area contributed by atoms with E-state index in [0.717, 1.165) is 4.90 Å². The van der Waals surface area contributed by atoms with Crippen molar-refractivity contribution >= 4 is 52.7 Å². The molecule has 3 N–H and O–H groups in total. The molecule has 4 rings (SSSR count). The van der Waals surface area contributed by atoms with Gasteiger partial charge >= 0.3 is 17.9 Å². The molecule has 0 bridgehead atoms. The maximum Gasteiger partial charge on any atom is 0.519 e. The maximum absolute atomic E-state index is 13.1. The zero-order valence-corrected chi connectivity index (χ0v) is 20.9. The lowest BCUT2D eigenvalue weighted by Gasteiger charge is -2.49. The van der Waals surface area contributed by atoms with Crippen molar-refractivity contribution in [1.82, 2.24) is 15.2 Å². The van der Waals surface area contributed by atoms with Crippen LogP contribution in [-0.2, 0) is 35.3 Å². The monoisotopic (exact) mass is 553 g/mol. The Labute approximate surface area is 215 Å². The smallest absolute Gasteiger partial charge is 0.453 e. The quantitative estimate of drug-likeness (QED) is 0.180. The van der Waals surface area contributed by atoms with Crippen molar-refractivity contribution in [2.24, 2.45) is 10.9 Å². The summed E-state index contributed by atoms with van der Waals surface area (Å²) < 4.78 is 19.6. The number of nitrogens with zero attached hydrogens (tertiary/aromatic N) is 3. The SMILES string of the molecule is CO/N=C(\C(=O)NC1C(=O)N2C(C(=O)OCc3oc(=O)oc3C)=C(COC(N)=O)CS[C@@H]12)c1cscn1. The lowest BCUT2D eigenvalue weighted by atomic mass is 10.0. The Kier molecular flexibility index (Phi) is 7.63. The number of primary amides is 1. The van der Waals surface area contributed by atoms with Crippen molar-refractivity contribution in [3.05, 3.63) is 50.0 Å². The molecular weight excluding hydrogens is 534 g/mol. The maximum atomic E-state index is 13.1. The van der Waals surface area contributed by atoms with Crippen LogP contribution in [0.1, 0.15) is 17.2 Å². The molecule has 37 heavy (non-hydrogen) atoms. The molecule has 2 atom stereocenters. The predicted molar refractivity (Wildman–Crippen MR) is 125 cm³/mol. The molecule has 3 amide bonds. The number of esters is 1. The fourth-order valence-electron chi connectivity index (χ4n) is 3.48. The molecule has 4 heterocycles. The van der Waals surface area contributed by atoms with Gasteiger partial charge in [0.2, 0.25) is 0 Å². The van der Waals surface area contributed by atoms with Gasteiger partial charge < -0.3 is 34.2 Å². The second-order valence-corrected chi connectivity index (χ2v) is 9.25. The summed E-state index contributed by atoms with van der Waals surface area (Å²) in [5, 5.41) is 7.21. The normalized spacial score (nSPS) is 19.1. The average molecular weight is 554 g/mol. The molecule has 1 fully saturated rings. The first kappa shape index (κ1) is 26.0. The fraction of sp³-hybridized carbons (Fsp3) is 0.350. The van der Waals surface area contributed by atoms with E-state index >= 15 is 0 Å². The second-order valence-electron chi connectivity index (χ2n) is 7.43. The van der Waals surface area contributed by atoms with Crippen molar-refractivity contribution in [1.29, 1.82) is 0 Å². The van der Waals surface area contributed by atoms with Gasteiger partial charge in [-0.1, -0.05) is 5.16 Å². The summed E-state index contributed by atoms with van der Waals surface area (Å²) in [5.74, 6) is -2.95. The van der Waals surface area contributed by atoms with Crippen molar-refractivity contribution in [3.63, 3.8) is 0 Å². The number of ether oxygens (including phenoxy) is 2. The first-order valence-corrected chi connectivity index (χ1v) is 12.4. The molecule has 0 saturated carbocycles. The van der Waals surface area contributed by atoms with Crippen LogP contribution in [0.4, 0.5) is 4.79 Å². The Balaban J connectivity index is 1.53. The van der Waals surface area contributed by atoms with Gasteiger partial charge in [0, 0.05) is 16.7 Å². The number of amides is 3. The zero-order valence-electron chi connectivity index (χ0n) is 19.2. The van der Waals surface area contributed by atoms with E-state index in [2.05, 4.69) is 15.5 Å². The van der Waals surface area contributed by atoms with E-state index in [-0.39, 0.29) is 46.6 Å². The number of β-lactam (4-membered cyclic amide) rings is 1. The number of oxime groups is 1. The predicted octanol–water partition coefficient (Wildman–Crippen LogP) is -0.159. The molecule has 15 nitrogen and oxygen atoms in total. The van der Waals surface area contributed by atoms with E-state index in [0.29, 0.717) is 0 Å². The molecule has 2 aliphatic rings. The molecule has 17 heteroatoms. The first-order chi connectivity index (χ1) is 17.7. The number of thioether (sulfide) groups is 1. The summed E-state index contributed by atoms with van der Waals surface area (Å²) >= 11 is 2.47. The third-order valence-electron chi connectivity index (χ3n) is 5.16. The van der Waals surface area contributed by atoms with Gasteiger partial charge in [0.05, 0.1) is 5.51 Å². The van der Waals surface area contributed by atoms with E-state index in [1.165, 1.54) is 42.6 Å². The van der Waals surface area contributed by atoms with Crippen molar-refractivity contribution < 1.29 is 42.3 Å². The summed E-state index contributed by atoms with van der Waals surface area (Å²) in [7, 11) is 1.27. The van der Waals surface area contributed by atoms with Gasteiger partial charge in [0.25, 0.3) is 11.8 Å². The molecule has 0 aromatic carbocycles. The van der Waals surface area contributed by atoms with Crippen LogP contribution in [0.2, 0.25) is 0 Å². The Morgan fingerprint density at radius 2 is 2.05 bits per heavy atom. The first-order valence-electron chi connectivity index (χ1n) is 10.4. The highest BCUT2D eigenvalue weighted by atomic mass is 32.2. The number of carbonyl (C=O) groups is 4. The molecule has 2 aromatic rings. The van der Waals surface area contributed by atoms with Crippen LogP contribution in [0.3, 0.4) is 0 Å². The molecule has 1 unspecified atom stereocenters. The lowest BCUT2D eigenvalue weighted by Crippen LogP contribution is -2.71. The van der Waals surface area contributed by atoms with E-state index in [1.54, 1.807) is 5.38 Å². The summed E-state index contributed by atoms with van der Waals surface area (Å²) in [5.41, 5.74) is 6.78. The zero-order chi connectivity index (χ0) is 26.7. The Hall–Kier alpha value is -4.12. The third-order valence-corrected chi connectivity index (χ3v) is 7.08. The number of aromatic nitrogens is 1. The minimum Gasteiger partial charge on any atom is -0.453 e.